The Morgan fingerprint density at radius 1 is 0.951 bits per heavy atom. The van der Waals surface area contributed by atoms with Crippen LogP contribution >= 0.6 is 0 Å². The SMILES string of the molecule is CC(C)[C@H]1NC(=O)CC[C@@H](C(=O)N2CCCN(C)CC2)NC(=O)C[C@H](c2ccc(F)cc2)NC(=O)[C@H](CO)NC1=O. The number of hydrogen-bond donors (Lipinski definition) is 5. The number of halogens is 1. The molecule has 0 unspecified atom stereocenters. The third kappa shape index (κ3) is 9.22. The molecule has 2 heterocycles. The van der Waals surface area contributed by atoms with Gasteiger partial charge in [0.15, 0.2) is 0 Å². The molecule has 1 aromatic carbocycles. The molecular weight excluding hydrogens is 535 g/mol. The number of carbonyl (C=O) groups excluding carboxylic acids is 5. The molecule has 0 saturated carbocycles. The van der Waals surface area contributed by atoms with Gasteiger partial charge in [0.2, 0.25) is 29.5 Å². The van der Waals surface area contributed by atoms with Gasteiger partial charge in [-0.3, -0.25) is 24.0 Å². The predicted molar refractivity (Wildman–Crippen MR) is 148 cm³/mol. The number of nitrogens with one attached hydrogen (secondary N) is 4. The quantitative estimate of drug-likeness (QED) is 0.321. The van der Waals surface area contributed by atoms with E-state index in [4.69, 9.17) is 0 Å². The molecule has 12 nitrogen and oxygen atoms in total. The van der Waals surface area contributed by atoms with E-state index in [0.717, 1.165) is 13.0 Å². The van der Waals surface area contributed by atoms with Gasteiger partial charge in [-0.05, 0) is 50.0 Å². The lowest BCUT2D eigenvalue weighted by atomic mass is 10.0. The molecule has 0 aromatic heterocycles. The second-order valence-corrected chi connectivity index (χ2v) is 11.0. The van der Waals surface area contributed by atoms with Gasteiger partial charge in [-0.2, -0.15) is 0 Å². The molecule has 41 heavy (non-hydrogen) atoms. The Kier molecular flexibility index (Phi) is 11.6. The fourth-order valence-corrected chi connectivity index (χ4v) is 4.91. The highest BCUT2D eigenvalue weighted by molar-refractivity contribution is 5.93. The molecule has 0 aliphatic carbocycles. The van der Waals surface area contributed by atoms with Gasteiger partial charge in [-0.1, -0.05) is 26.0 Å². The first-order chi connectivity index (χ1) is 19.5. The molecule has 13 heteroatoms. The van der Waals surface area contributed by atoms with Gasteiger partial charge in [-0.25, -0.2) is 4.39 Å². The minimum Gasteiger partial charge on any atom is -0.394 e. The summed E-state index contributed by atoms with van der Waals surface area (Å²) in [6.07, 6.45) is 0.320. The summed E-state index contributed by atoms with van der Waals surface area (Å²) in [5.74, 6) is -3.66. The molecular formula is C28H41FN6O6. The average molecular weight is 577 g/mol. The second kappa shape index (κ2) is 14.9. The molecule has 0 bridgehead atoms. The number of aliphatic hydroxyl groups excluding tert-OH is 1. The standard InChI is InChI=1S/C28H41FN6O6/c1-17(2)25-27(40)32-22(16-36)26(39)31-21(18-5-7-19(29)8-6-18)15-24(38)30-20(9-10-23(37)33-25)28(41)35-12-4-11-34(3)13-14-35/h5-8,17,20-22,25,36H,4,9-16H2,1-3H3,(H,30,38)(H,31,39)(H,32,40)(H,33,37)/t20-,21+,22-,25+/m0/s1. The Hall–Kier alpha value is -3.58. The van der Waals surface area contributed by atoms with E-state index in [0.29, 0.717) is 25.2 Å². The molecule has 2 fully saturated rings. The minimum atomic E-state index is -1.37. The zero-order valence-corrected chi connectivity index (χ0v) is 23.8. The van der Waals surface area contributed by atoms with Crippen LogP contribution < -0.4 is 21.3 Å². The summed E-state index contributed by atoms with van der Waals surface area (Å²) < 4.78 is 13.6. The van der Waals surface area contributed by atoms with Gasteiger partial charge in [0.05, 0.1) is 19.1 Å². The van der Waals surface area contributed by atoms with Crippen LogP contribution in [0.3, 0.4) is 0 Å². The first-order valence-corrected chi connectivity index (χ1v) is 14.0. The van der Waals surface area contributed by atoms with Crippen LogP contribution in [0.25, 0.3) is 0 Å². The molecule has 1 aromatic rings. The molecule has 2 aliphatic heterocycles. The van der Waals surface area contributed by atoms with E-state index < -0.39 is 60.2 Å². The van der Waals surface area contributed by atoms with Crippen molar-refractivity contribution < 1.29 is 33.5 Å². The average Bonchev–Trinajstić information content (AvgIpc) is 3.15. The Morgan fingerprint density at radius 3 is 2.32 bits per heavy atom. The van der Waals surface area contributed by atoms with Gasteiger partial charge in [0.25, 0.3) is 0 Å². The number of likely N-dealkylation sites (N-methyl/N-ethyl adjacent to an activating group) is 1. The van der Waals surface area contributed by atoms with Crippen molar-refractivity contribution in [3.8, 4) is 0 Å². The highest BCUT2D eigenvalue weighted by Gasteiger charge is 2.33. The second-order valence-electron chi connectivity index (χ2n) is 11.0. The van der Waals surface area contributed by atoms with Crippen LogP contribution in [0, 0.1) is 11.7 Å². The zero-order valence-electron chi connectivity index (χ0n) is 23.8. The number of nitrogens with zero attached hydrogens (tertiary/aromatic N) is 2. The lowest BCUT2D eigenvalue weighted by Crippen LogP contribution is -2.56. The van der Waals surface area contributed by atoms with E-state index in [1.807, 2.05) is 7.05 Å². The van der Waals surface area contributed by atoms with E-state index >= 15 is 0 Å². The van der Waals surface area contributed by atoms with E-state index in [1.165, 1.54) is 24.3 Å². The normalized spacial score (nSPS) is 26.1. The summed E-state index contributed by atoms with van der Waals surface area (Å²) in [5.41, 5.74) is 0.414. The van der Waals surface area contributed by atoms with E-state index in [2.05, 4.69) is 26.2 Å². The molecule has 2 aliphatic rings. The maximum absolute atomic E-state index is 13.6. The Balaban J connectivity index is 1.93. The van der Waals surface area contributed by atoms with Crippen molar-refractivity contribution in [3.63, 3.8) is 0 Å². The lowest BCUT2D eigenvalue weighted by molar-refractivity contribution is -0.137. The molecule has 2 saturated heterocycles. The highest BCUT2D eigenvalue weighted by Crippen LogP contribution is 2.19. The molecule has 4 atom stereocenters. The Morgan fingerprint density at radius 2 is 1.66 bits per heavy atom. The summed E-state index contributed by atoms with van der Waals surface area (Å²) in [4.78, 5) is 69.7. The lowest BCUT2D eigenvalue weighted by Gasteiger charge is -2.28. The predicted octanol–water partition coefficient (Wildman–Crippen LogP) is -0.566. The van der Waals surface area contributed by atoms with Crippen molar-refractivity contribution in [2.45, 2.75) is 63.7 Å². The van der Waals surface area contributed by atoms with E-state index in [1.54, 1.807) is 18.7 Å². The van der Waals surface area contributed by atoms with Crippen LogP contribution in [0.4, 0.5) is 4.39 Å². The Bertz CT molecular complexity index is 1100. The van der Waals surface area contributed by atoms with Crippen molar-refractivity contribution in [2.24, 2.45) is 5.92 Å². The molecule has 3 rings (SSSR count). The number of rotatable bonds is 4. The largest absolute Gasteiger partial charge is 0.394 e. The maximum atomic E-state index is 13.6. The topological polar surface area (TPSA) is 160 Å². The third-order valence-corrected chi connectivity index (χ3v) is 7.38. The number of carbonyl (C=O) groups is 5. The van der Waals surface area contributed by atoms with Crippen LogP contribution in [0.1, 0.15) is 51.1 Å². The van der Waals surface area contributed by atoms with Gasteiger partial charge in [0.1, 0.15) is 23.9 Å². The van der Waals surface area contributed by atoms with Crippen molar-refractivity contribution >= 4 is 29.5 Å². The summed E-state index contributed by atoms with van der Waals surface area (Å²) >= 11 is 0. The molecule has 226 valence electrons. The molecule has 5 amide bonds. The van der Waals surface area contributed by atoms with Crippen LogP contribution in [-0.4, -0.2) is 102 Å². The van der Waals surface area contributed by atoms with Crippen molar-refractivity contribution in [1.29, 1.82) is 0 Å². The fraction of sp³-hybridized carbons (Fsp3) is 0.607. The maximum Gasteiger partial charge on any atom is 0.245 e. The molecule has 0 spiro atoms. The number of aliphatic hydroxyl groups is 1. The number of benzene rings is 1. The first kappa shape index (κ1) is 31.9. The summed E-state index contributed by atoms with van der Waals surface area (Å²) in [6.45, 7) is 5.19. The van der Waals surface area contributed by atoms with Crippen LogP contribution in [0.15, 0.2) is 24.3 Å². The minimum absolute atomic E-state index is 0.00200. The molecule has 5 N–H and O–H groups in total. The fourth-order valence-electron chi connectivity index (χ4n) is 4.91. The van der Waals surface area contributed by atoms with Gasteiger partial charge < -0.3 is 36.2 Å². The number of amides is 5. The van der Waals surface area contributed by atoms with Gasteiger partial charge in [0, 0.05) is 26.1 Å². The Labute approximate surface area is 239 Å². The smallest absolute Gasteiger partial charge is 0.245 e. The summed E-state index contributed by atoms with van der Waals surface area (Å²) in [5, 5.41) is 20.4. The zero-order chi connectivity index (χ0) is 30.1. The van der Waals surface area contributed by atoms with E-state index in [9.17, 15) is 33.5 Å². The first-order valence-electron chi connectivity index (χ1n) is 14.0. The van der Waals surface area contributed by atoms with Crippen LogP contribution in [-0.2, 0) is 24.0 Å². The van der Waals surface area contributed by atoms with Gasteiger partial charge in [-0.15, -0.1) is 0 Å². The summed E-state index contributed by atoms with van der Waals surface area (Å²) in [6, 6.07) is 0.870. The molecule has 0 radical (unpaired) electrons. The highest BCUT2D eigenvalue weighted by atomic mass is 19.1. The monoisotopic (exact) mass is 576 g/mol. The van der Waals surface area contributed by atoms with Gasteiger partial charge >= 0.3 is 0 Å². The summed E-state index contributed by atoms with van der Waals surface area (Å²) in [7, 11) is 1.97. The van der Waals surface area contributed by atoms with E-state index in [-0.39, 0.29) is 31.1 Å². The number of hydrogen-bond acceptors (Lipinski definition) is 7. The van der Waals surface area contributed by atoms with Crippen molar-refractivity contribution in [3.05, 3.63) is 35.6 Å². The van der Waals surface area contributed by atoms with Crippen LogP contribution in [0.2, 0.25) is 0 Å². The van der Waals surface area contributed by atoms with Crippen molar-refractivity contribution in [1.82, 2.24) is 31.1 Å². The van der Waals surface area contributed by atoms with Crippen molar-refractivity contribution in [2.75, 3.05) is 39.8 Å². The van der Waals surface area contributed by atoms with Crippen LogP contribution in [0.5, 0.6) is 0 Å². The third-order valence-electron chi connectivity index (χ3n) is 7.38.